The molecule has 0 aliphatic rings. The highest BCUT2D eigenvalue weighted by Gasteiger charge is 2.11. The maximum atomic E-state index is 12.2. The molecule has 2 aromatic rings. The normalized spacial score (nSPS) is 10.2. The zero-order valence-corrected chi connectivity index (χ0v) is 11.1. The minimum Gasteiger partial charge on any atom is -0.508 e. The van der Waals surface area contributed by atoms with Crippen molar-refractivity contribution in [1.29, 1.82) is 0 Å². The van der Waals surface area contributed by atoms with Crippen molar-refractivity contribution in [2.45, 2.75) is 20.3 Å². The van der Waals surface area contributed by atoms with Gasteiger partial charge < -0.3 is 10.4 Å². The van der Waals surface area contributed by atoms with Crippen LogP contribution in [0.5, 0.6) is 5.75 Å². The Kier molecular flexibility index (Phi) is 3.85. The molecule has 0 unspecified atom stereocenters. The predicted molar refractivity (Wildman–Crippen MR) is 76.6 cm³/mol. The number of benzene rings is 2. The summed E-state index contributed by atoms with van der Waals surface area (Å²) >= 11 is 0. The molecule has 0 saturated heterocycles. The summed E-state index contributed by atoms with van der Waals surface area (Å²) in [5, 5.41) is 12.3. The third-order valence-corrected chi connectivity index (χ3v) is 3.10. The Bertz CT molecular complexity index is 605. The van der Waals surface area contributed by atoms with E-state index < -0.39 is 0 Å². The molecule has 0 spiro atoms. The molecule has 2 aromatic carbocycles. The SMILES string of the molecule is CCc1ccccc1NC(=O)c1ccc(O)cc1C. The molecular formula is C16H17NO2. The Morgan fingerprint density at radius 2 is 1.95 bits per heavy atom. The average Bonchev–Trinajstić information content (AvgIpc) is 2.39. The first kappa shape index (κ1) is 13.1. The summed E-state index contributed by atoms with van der Waals surface area (Å²) in [5.74, 6) is 0.0152. The van der Waals surface area contributed by atoms with E-state index in [-0.39, 0.29) is 11.7 Å². The molecule has 2 N–H and O–H groups in total. The highest BCUT2D eigenvalue weighted by molar-refractivity contribution is 6.05. The number of aromatic hydroxyl groups is 1. The number of amides is 1. The van der Waals surface area contributed by atoms with Crippen LogP contribution in [0.3, 0.4) is 0 Å². The molecule has 3 heteroatoms. The van der Waals surface area contributed by atoms with E-state index in [0.29, 0.717) is 5.56 Å². The molecule has 2 rings (SSSR count). The van der Waals surface area contributed by atoms with Gasteiger partial charge in [-0.2, -0.15) is 0 Å². The lowest BCUT2D eigenvalue weighted by Crippen LogP contribution is -2.14. The van der Waals surface area contributed by atoms with Crippen molar-refractivity contribution in [3.8, 4) is 5.75 Å². The van der Waals surface area contributed by atoms with E-state index in [2.05, 4.69) is 12.2 Å². The standard InChI is InChI=1S/C16H17NO2/c1-3-12-6-4-5-7-15(12)17-16(19)14-9-8-13(18)10-11(14)2/h4-10,18H,3H2,1-2H3,(H,17,19). The molecule has 98 valence electrons. The fraction of sp³-hybridized carbons (Fsp3) is 0.188. The number of anilines is 1. The van der Waals surface area contributed by atoms with Gasteiger partial charge in [-0.25, -0.2) is 0 Å². The van der Waals surface area contributed by atoms with E-state index in [0.717, 1.165) is 23.2 Å². The Balaban J connectivity index is 2.26. The van der Waals surface area contributed by atoms with Gasteiger partial charge in [0.2, 0.25) is 0 Å². The van der Waals surface area contributed by atoms with Crippen molar-refractivity contribution < 1.29 is 9.90 Å². The van der Waals surface area contributed by atoms with Crippen LogP contribution in [0, 0.1) is 6.92 Å². The van der Waals surface area contributed by atoms with Crippen molar-refractivity contribution in [2.75, 3.05) is 5.32 Å². The summed E-state index contributed by atoms with van der Waals surface area (Å²) in [5.41, 5.74) is 3.27. The van der Waals surface area contributed by atoms with Gasteiger partial charge in [0, 0.05) is 11.3 Å². The molecule has 0 atom stereocenters. The van der Waals surface area contributed by atoms with Gasteiger partial charge in [-0.15, -0.1) is 0 Å². The zero-order chi connectivity index (χ0) is 13.8. The lowest BCUT2D eigenvalue weighted by molar-refractivity contribution is 0.102. The number of carbonyl (C=O) groups excluding carboxylic acids is 1. The van der Waals surface area contributed by atoms with Gasteiger partial charge >= 0.3 is 0 Å². The van der Waals surface area contributed by atoms with E-state index in [1.165, 1.54) is 6.07 Å². The molecule has 1 amide bonds. The van der Waals surface area contributed by atoms with Crippen molar-refractivity contribution in [2.24, 2.45) is 0 Å². The number of carbonyl (C=O) groups is 1. The Morgan fingerprint density at radius 3 is 2.63 bits per heavy atom. The second kappa shape index (κ2) is 5.57. The summed E-state index contributed by atoms with van der Waals surface area (Å²) in [6.45, 7) is 3.86. The first-order chi connectivity index (χ1) is 9.11. The van der Waals surface area contributed by atoms with E-state index >= 15 is 0 Å². The molecule has 0 fully saturated rings. The van der Waals surface area contributed by atoms with Crippen LogP contribution in [0.15, 0.2) is 42.5 Å². The van der Waals surface area contributed by atoms with Gasteiger partial charge in [-0.1, -0.05) is 25.1 Å². The monoisotopic (exact) mass is 255 g/mol. The minimum absolute atomic E-state index is 0.154. The summed E-state index contributed by atoms with van der Waals surface area (Å²) in [6.07, 6.45) is 0.866. The summed E-state index contributed by atoms with van der Waals surface area (Å²) in [6, 6.07) is 12.5. The third kappa shape index (κ3) is 2.94. The second-order valence-corrected chi connectivity index (χ2v) is 4.46. The number of phenols is 1. The van der Waals surface area contributed by atoms with Gasteiger partial charge in [0.05, 0.1) is 0 Å². The van der Waals surface area contributed by atoms with Gasteiger partial charge in [0.25, 0.3) is 5.91 Å². The predicted octanol–water partition coefficient (Wildman–Crippen LogP) is 3.52. The highest BCUT2D eigenvalue weighted by Crippen LogP contribution is 2.19. The van der Waals surface area contributed by atoms with Crippen LogP contribution >= 0.6 is 0 Å². The smallest absolute Gasteiger partial charge is 0.255 e. The quantitative estimate of drug-likeness (QED) is 0.881. The number of hydrogen-bond acceptors (Lipinski definition) is 2. The maximum absolute atomic E-state index is 12.2. The van der Waals surface area contributed by atoms with Crippen LogP contribution in [0.4, 0.5) is 5.69 Å². The number of para-hydroxylation sites is 1. The summed E-state index contributed by atoms with van der Waals surface area (Å²) in [4.78, 5) is 12.2. The number of aryl methyl sites for hydroxylation is 2. The fourth-order valence-corrected chi connectivity index (χ4v) is 2.04. The van der Waals surface area contributed by atoms with Crippen molar-refractivity contribution >= 4 is 11.6 Å². The zero-order valence-electron chi connectivity index (χ0n) is 11.1. The van der Waals surface area contributed by atoms with Gasteiger partial charge in [0.1, 0.15) is 5.75 Å². The second-order valence-electron chi connectivity index (χ2n) is 4.46. The van der Waals surface area contributed by atoms with Gasteiger partial charge in [-0.05, 0) is 48.7 Å². The molecule has 0 heterocycles. The fourth-order valence-electron chi connectivity index (χ4n) is 2.04. The lowest BCUT2D eigenvalue weighted by atomic mass is 10.1. The van der Waals surface area contributed by atoms with Crippen LogP contribution in [0.25, 0.3) is 0 Å². The maximum Gasteiger partial charge on any atom is 0.255 e. The van der Waals surface area contributed by atoms with Crippen molar-refractivity contribution in [1.82, 2.24) is 0 Å². The molecule has 0 aliphatic heterocycles. The van der Waals surface area contributed by atoms with E-state index in [1.807, 2.05) is 24.3 Å². The van der Waals surface area contributed by atoms with Crippen LogP contribution in [-0.4, -0.2) is 11.0 Å². The Hall–Kier alpha value is -2.29. The van der Waals surface area contributed by atoms with E-state index in [4.69, 9.17) is 0 Å². The van der Waals surface area contributed by atoms with E-state index in [1.54, 1.807) is 19.1 Å². The molecule has 19 heavy (non-hydrogen) atoms. The first-order valence-electron chi connectivity index (χ1n) is 6.30. The lowest BCUT2D eigenvalue weighted by Gasteiger charge is -2.11. The summed E-state index contributed by atoms with van der Waals surface area (Å²) < 4.78 is 0. The largest absolute Gasteiger partial charge is 0.508 e. The van der Waals surface area contributed by atoms with Crippen molar-refractivity contribution in [3.05, 3.63) is 59.2 Å². The number of nitrogens with one attached hydrogen (secondary N) is 1. The number of hydrogen-bond donors (Lipinski definition) is 2. The van der Waals surface area contributed by atoms with Gasteiger partial charge in [0.15, 0.2) is 0 Å². The average molecular weight is 255 g/mol. The molecule has 0 aliphatic carbocycles. The molecule has 0 aromatic heterocycles. The molecule has 3 nitrogen and oxygen atoms in total. The topological polar surface area (TPSA) is 49.3 Å². The first-order valence-corrected chi connectivity index (χ1v) is 6.30. The molecular weight excluding hydrogens is 238 g/mol. The van der Waals surface area contributed by atoms with E-state index in [9.17, 15) is 9.90 Å². The van der Waals surface area contributed by atoms with Crippen LogP contribution in [0.2, 0.25) is 0 Å². The number of phenolic OH excluding ortho intramolecular Hbond substituents is 1. The van der Waals surface area contributed by atoms with Gasteiger partial charge in [-0.3, -0.25) is 4.79 Å². The molecule has 0 bridgehead atoms. The number of rotatable bonds is 3. The third-order valence-electron chi connectivity index (χ3n) is 3.10. The molecule has 0 saturated carbocycles. The Labute approximate surface area is 112 Å². The van der Waals surface area contributed by atoms with Crippen molar-refractivity contribution in [3.63, 3.8) is 0 Å². The van der Waals surface area contributed by atoms with Crippen LogP contribution < -0.4 is 5.32 Å². The van der Waals surface area contributed by atoms with Crippen LogP contribution in [-0.2, 0) is 6.42 Å². The van der Waals surface area contributed by atoms with Crippen LogP contribution in [0.1, 0.15) is 28.4 Å². The molecule has 0 radical (unpaired) electrons. The minimum atomic E-state index is -0.154. The Morgan fingerprint density at radius 1 is 1.21 bits per heavy atom. The highest BCUT2D eigenvalue weighted by atomic mass is 16.3. The summed E-state index contributed by atoms with van der Waals surface area (Å²) in [7, 11) is 0.